The fourth-order valence-corrected chi connectivity index (χ4v) is 4.36. The van der Waals surface area contributed by atoms with E-state index < -0.39 is 10.0 Å². The van der Waals surface area contributed by atoms with Crippen LogP contribution in [-0.2, 0) is 16.4 Å². The van der Waals surface area contributed by atoms with Gasteiger partial charge in [-0.3, -0.25) is 0 Å². The molecule has 0 amide bonds. The van der Waals surface area contributed by atoms with Crippen molar-refractivity contribution in [2.45, 2.75) is 55.9 Å². The first-order chi connectivity index (χ1) is 10.1. The molecule has 0 saturated heterocycles. The van der Waals surface area contributed by atoms with Crippen molar-refractivity contribution in [3.8, 4) is 0 Å². The van der Waals surface area contributed by atoms with Crippen LogP contribution in [0.4, 0.5) is 0 Å². The highest BCUT2D eigenvalue weighted by Gasteiger charge is 2.28. The van der Waals surface area contributed by atoms with Gasteiger partial charge in [-0.15, -0.1) is 0 Å². The van der Waals surface area contributed by atoms with Crippen LogP contribution in [0.5, 0.6) is 0 Å². The topological polar surface area (TPSA) is 63.4 Å². The minimum Gasteiger partial charge on any atom is -0.330 e. The molecule has 0 spiro atoms. The predicted octanol–water partition coefficient (Wildman–Crippen LogP) is 2.53. The quantitative estimate of drug-likeness (QED) is 0.878. The average molecular weight is 310 g/mol. The van der Waals surface area contributed by atoms with Crippen LogP contribution in [0.15, 0.2) is 29.2 Å². The Labute approximate surface area is 128 Å². The number of benzene rings is 1. The summed E-state index contributed by atoms with van der Waals surface area (Å²) in [4.78, 5) is 0.395. The fourth-order valence-electron chi connectivity index (χ4n) is 2.94. The van der Waals surface area contributed by atoms with Gasteiger partial charge in [0.15, 0.2) is 0 Å². The van der Waals surface area contributed by atoms with Crippen molar-refractivity contribution < 1.29 is 8.42 Å². The zero-order valence-electron chi connectivity index (χ0n) is 12.8. The van der Waals surface area contributed by atoms with Crippen LogP contribution in [-0.4, -0.2) is 32.4 Å². The van der Waals surface area contributed by atoms with Gasteiger partial charge in [0.1, 0.15) is 0 Å². The summed E-state index contributed by atoms with van der Waals surface area (Å²) in [5, 5.41) is 0. The van der Waals surface area contributed by atoms with Crippen molar-refractivity contribution in [3.63, 3.8) is 0 Å². The first kappa shape index (κ1) is 16.5. The first-order valence-corrected chi connectivity index (χ1v) is 9.27. The van der Waals surface area contributed by atoms with Gasteiger partial charge in [-0.25, -0.2) is 8.42 Å². The monoisotopic (exact) mass is 310 g/mol. The van der Waals surface area contributed by atoms with Crippen LogP contribution in [0.1, 0.15) is 44.1 Å². The van der Waals surface area contributed by atoms with Gasteiger partial charge < -0.3 is 5.73 Å². The lowest BCUT2D eigenvalue weighted by atomic mass is 9.96. The van der Waals surface area contributed by atoms with Crippen molar-refractivity contribution in [1.29, 1.82) is 0 Å². The summed E-state index contributed by atoms with van der Waals surface area (Å²) in [5.74, 6) is 0. The molecule has 0 heterocycles. The molecule has 4 nitrogen and oxygen atoms in total. The Morgan fingerprint density at radius 1 is 1.14 bits per heavy atom. The number of hydrogen-bond acceptors (Lipinski definition) is 3. The summed E-state index contributed by atoms with van der Waals surface area (Å²) in [7, 11) is -1.65. The highest BCUT2D eigenvalue weighted by Crippen LogP contribution is 2.26. The molecule has 1 aliphatic rings. The van der Waals surface area contributed by atoms with Crippen LogP contribution in [0.25, 0.3) is 0 Å². The maximum absolute atomic E-state index is 12.7. The zero-order valence-corrected chi connectivity index (χ0v) is 13.6. The molecule has 0 unspecified atom stereocenters. The molecule has 1 fully saturated rings. The Hall–Kier alpha value is -0.910. The third-order valence-corrected chi connectivity index (χ3v) is 6.28. The van der Waals surface area contributed by atoms with Gasteiger partial charge in [-0.1, -0.05) is 31.4 Å². The molecule has 1 aromatic rings. The van der Waals surface area contributed by atoms with Crippen LogP contribution >= 0.6 is 0 Å². The number of hydrogen-bond donors (Lipinski definition) is 1. The lowest BCUT2D eigenvalue weighted by Gasteiger charge is -2.30. The molecule has 1 aliphatic carbocycles. The first-order valence-electron chi connectivity index (χ1n) is 7.83. The minimum absolute atomic E-state index is 0.153. The predicted molar refractivity (Wildman–Crippen MR) is 85.6 cm³/mol. The Morgan fingerprint density at radius 3 is 2.33 bits per heavy atom. The molecule has 1 saturated carbocycles. The standard InChI is InChI=1S/C16H26N2O2S/c1-18(15-7-3-2-4-8-15)21(19,20)16-11-9-14(10-12-16)6-5-13-17/h9-12,15H,2-8,13,17H2,1H3. The average Bonchev–Trinajstić information content (AvgIpc) is 2.53. The second-order valence-corrected chi connectivity index (χ2v) is 7.85. The molecule has 2 rings (SSSR count). The number of aryl methyl sites for hydroxylation is 1. The van der Waals surface area contributed by atoms with E-state index in [-0.39, 0.29) is 6.04 Å². The lowest BCUT2D eigenvalue weighted by Crippen LogP contribution is -2.38. The summed E-state index contributed by atoms with van der Waals surface area (Å²) in [6.07, 6.45) is 7.25. The third-order valence-electron chi connectivity index (χ3n) is 4.36. The van der Waals surface area contributed by atoms with E-state index in [1.165, 1.54) is 6.42 Å². The maximum Gasteiger partial charge on any atom is 0.243 e. The van der Waals surface area contributed by atoms with E-state index in [9.17, 15) is 8.42 Å². The second kappa shape index (κ2) is 7.38. The van der Waals surface area contributed by atoms with Crippen molar-refractivity contribution >= 4 is 10.0 Å². The van der Waals surface area contributed by atoms with Crippen molar-refractivity contribution in [1.82, 2.24) is 4.31 Å². The number of rotatable bonds is 6. The van der Waals surface area contributed by atoms with E-state index in [4.69, 9.17) is 5.73 Å². The van der Waals surface area contributed by atoms with Gasteiger partial charge in [0, 0.05) is 13.1 Å². The van der Waals surface area contributed by atoms with Crippen molar-refractivity contribution in [2.75, 3.05) is 13.6 Å². The Kier molecular flexibility index (Phi) is 5.79. The van der Waals surface area contributed by atoms with Crippen molar-refractivity contribution in [3.05, 3.63) is 29.8 Å². The summed E-state index contributed by atoms with van der Waals surface area (Å²) in [6, 6.07) is 7.40. The molecule has 5 heteroatoms. The number of nitrogens with two attached hydrogens (primary N) is 1. The number of sulfonamides is 1. The van der Waals surface area contributed by atoms with Crippen molar-refractivity contribution in [2.24, 2.45) is 5.73 Å². The molecule has 0 bridgehead atoms. The van der Waals surface area contributed by atoms with Gasteiger partial charge in [0.25, 0.3) is 0 Å². The van der Waals surface area contributed by atoms with Gasteiger partial charge in [0.05, 0.1) is 4.90 Å². The highest BCUT2D eigenvalue weighted by atomic mass is 32.2. The molecule has 1 aromatic carbocycles. The Bertz CT molecular complexity index is 534. The highest BCUT2D eigenvalue weighted by molar-refractivity contribution is 7.89. The Morgan fingerprint density at radius 2 is 1.76 bits per heavy atom. The van der Waals surface area contributed by atoms with E-state index in [0.29, 0.717) is 11.4 Å². The molecule has 0 aliphatic heterocycles. The van der Waals surface area contributed by atoms with E-state index in [1.54, 1.807) is 23.5 Å². The van der Waals surface area contributed by atoms with Gasteiger partial charge >= 0.3 is 0 Å². The van der Waals surface area contributed by atoms with Gasteiger partial charge in [-0.2, -0.15) is 4.31 Å². The molecule has 118 valence electrons. The zero-order chi connectivity index (χ0) is 15.3. The maximum atomic E-state index is 12.7. The molecule has 0 aromatic heterocycles. The fraction of sp³-hybridized carbons (Fsp3) is 0.625. The summed E-state index contributed by atoms with van der Waals surface area (Å²) >= 11 is 0. The second-order valence-electron chi connectivity index (χ2n) is 5.85. The molecular formula is C16H26N2O2S. The van der Waals surface area contributed by atoms with E-state index in [2.05, 4.69) is 0 Å². The summed E-state index contributed by atoms with van der Waals surface area (Å²) in [5.41, 5.74) is 6.63. The number of nitrogens with zero attached hydrogens (tertiary/aromatic N) is 1. The normalized spacial score (nSPS) is 17.3. The van der Waals surface area contributed by atoms with Crippen LogP contribution in [0.3, 0.4) is 0 Å². The van der Waals surface area contributed by atoms with E-state index in [1.807, 2.05) is 12.1 Å². The van der Waals surface area contributed by atoms with E-state index >= 15 is 0 Å². The molecular weight excluding hydrogens is 284 g/mol. The van der Waals surface area contributed by atoms with Crippen LogP contribution in [0, 0.1) is 0 Å². The third kappa shape index (κ3) is 4.05. The van der Waals surface area contributed by atoms with Gasteiger partial charge in [-0.05, 0) is 49.9 Å². The van der Waals surface area contributed by atoms with E-state index in [0.717, 1.165) is 44.1 Å². The van der Waals surface area contributed by atoms with Crippen LogP contribution in [0.2, 0.25) is 0 Å². The largest absolute Gasteiger partial charge is 0.330 e. The molecule has 21 heavy (non-hydrogen) atoms. The van der Waals surface area contributed by atoms with Gasteiger partial charge in [0.2, 0.25) is 10.0 Å². The lowest BCUT2D eigenvalue weighted by molar-refractivity contribution is 0.286. The SMILES string of the molecule is CN(C1CCCCC1)S(=O)(=O)c1ccc(CCCN)cc1. The summed E-state index contributed by atoms with van der Waals surface area (Å²) in [6.45, 7) is 0.657. The smallest absolute Gasteiger partial charge is 0.243 e. The summed E-state index contributed by atoms with van der Waals surface area (Å²) < 4.78 is 26.9. The van der Waals surface area contributed by atoms with Crippen LogP contribution < -0.4 is 5.73 Å². The minimum atomic E-state index is -3.37. The molecule has 0 atom stereocenters. The Balaban J connectivity index is 2.10. The molecule has 0 radical (unpaired) electrons. The molecule has 2 N–H and O–H groups in total.